The Kier molecular flexibility index (Phi) is 3.28. The van der Waals surface area contributed by atoms with Crippen molar-refractivity contribution in [2.24, 2.45) is 5.41 Å². The first kappa shape index (κ1) is 12.9. The molecule has 98 valence electrons. The third-order valence-corrected chi connectivity index (χ3v) is 3.11. The van der Waals surface area contributed by atoms with Gasteiger partial charge in [-0.15, -0.1) is 0 Å². The Labute approximate surface area is 107 Å². The molecule has 2 aliphatic rings. The molecule has 0 saturated heterocycles. The molecule has 1 atom stereocenters. The van der Waals surface area contributed by atoms with E-state index in [0.29, 0.717) is 25.0 Å². The highest BCUT2D eigenvalue weighted by atomic mass is 16.7. The minimum atomic E-state index is -0.711. The van der Waals surface area contributed by atoms with Crippen molar-refractivity contribution in [2.45, 2.75) is 46.3 Å². The summed E-state index contributed by atoms with van der Waals surface area (Å²) in [5, 5.41) is 0. The molecule has 1 aliphatic carbocycles. The van der Waals surface area contributed by atoms with Crippen LogP contribution in [0.2, 0.25) is 0 Å². The predicted octanol–water partition coefficient (Wildman–Crippen LogP) is 2.50. The molecule has 2 rings (SSSR count). The van der Waals surface area contributed by atoms with Crippen LogP contribution in [0.5, 0.6) is 0 Å². The third kappa shape index (κ3) is 2.81. The Morgan fingerprint density at radius 2 is 2.17 bits per heavy atom. The second kappa shape index (κ2) is 4.59. The van der Waals surface area contributed by atoms with Gasteiger partial charge < -0.3 is 9.47 Å². The minimum absolute atomic E-state index is 0.0962. The number of allylic oxidation sites excluding steroid dienone is 3. The Bertz CT molecular complexity index is 443. The lowest BCUT2D eigenvalue weighted by Crippen LogP contribution is -2.28. The molecule has 0 aromatic heterocycles. The highest BCUT2D eigenvalue weighted by Crippen LogP contribution is 2.39. The molecule has 0 radical (unpaired) electrons. The van der Waals surface area contributed by atoms with Crippen LogP contribution in [-0.2, 0) is 19.1 Å². The number of hydrogen-bond donors (Lipinski definition) is 0. The summed E-state index contributed by atoms with van der Waals surface area (Å²) in [6.07, 6.45) is 4.60. The number of ether oxygens (including phenoxy) is 2. The topological polar surface area (TPSA) is 52.6 Å². The minimum Gasteiger partial charge on any atom is -0.455 e. The van der Waals surface area contributed by atoms with E-state index in [-0.39, 0.29) is 11.2 Å². The van der Waals surface area contributed by atoms with Crippen molar-refractivity contribution >= 4 is 11.8 Å². The number of Topliss-reactive ketones (excluding diaryl/α,β-unsaturated/α-hetero) is 1. The lowest BCUT2D eigenvalue weighted by Gasteiger charge is -2.31. The van der Waals surface area contributed by atoms with Crippen molar-refractivity contribution in [2.75, 3.05) is 0 Å². The summed E-state index contributed by atoms with van der Waals surface area (Å²) >= 11 is 0. The molecular formula is C14H18O4. The van der Waals surface area contributed by atoms with Gasteiger partial charge in [-0.1, -0.05) is 19.9 Å². The zero-order valence-electron chi connectivity index (χ0n) is 11.0. The second-order valence-electron chi connectivity index (χ2n) is 5.57. The highest BCUT2D eigenvalue weighted by molar-refractivity contribution is 5.97. The van der Waals surface area contributed by atoms with Gasteiger partial charge in [-0.25, -0.2) is 0 Å². The Morgan fingerprint density at radius 1 is 1.44 bits per heavy atom. The van der Waals surface area contributed by atoms with E-state index >= 15 is 0 Å². The molecule has 1 heterocycles. The molecule has 18 heavy (non-hydrogen) atoms. The fraction of sp³-hybridized carbons (Fsp3) is 0.571. The van der Waals surface area contributed by atoms with Gasteiger partial charge in [0.05, 0.1) is 0 Å². The maximum Gasteiger partial charge on any atom is 0.305 e. The van der Waals surface area contributed by atoms with E-state index in [1.807, 2.05) is 19.9 Å². The molecule has 1 unspecified atom stereocenters. The molecular weight excluding hydrogens is 232 g/mol. The lowest BCUT2D eigenvalue weighted by atomic mass is 9.76. The average Bonchev–Trinajstić information content (AvgIpc) is 2.36. The first-order valence-corrected chi connectivity index (χ1v) is 6.13. The van der Waals surface area contributed by atoms with Crippen LogP contribution in [0.3, 0.4) is 0 Å². The van der Waals surface area contributed by atoms with Gasteiger partial charge in [0.25, 0.3) is 6.29 Å². The molecule has 0 aromatic carbocycles. The quantitative estimate of drug-likeness (QED) is 0.530. The van der Waals surface area contributed by atoms with Crippen LogP contribution in [0.4, 0.5) is 0 Å². The smallest absolute Gasteiger partial charge is 0.305 e. The van der Waals surface area contributed by atoms with Crippen LogP contribution in [0.15, 0.2) is 23.5 Å². The normalized spacial score (nSPS) is 26.2. The zero-order valence-corrected chi connectivity index (χ0v) is 11.0. The summed E-state index contributed by atoms with van der Waals surface area (Å²) in [5.41, 5.74) is 0.626. The fourth-order valence-electron chi connectivity index (χ4n) is 2.34. The summed E-state index contributed by atoms with van der Waals surface area (Å²) in [5.74, 6) is 0.414. The third-order valence-electron chi connectivity index (χ3n) is 3.11. The van der Waals surface area contributed by atoms with Crippen LogP contribution in [-0.4, -0.2) is 18.0 Å². The zero-order chi connectivity index (χ0) is 13.3. The summed E-state index contributed by atoms with van der Waals surface area (Å²) in [7, 11) is 0. The number of rotatable bonds is 1. The van der Waals surface area contributed by atoms with Gasteiger partial charge in [-0.05, 0) is 17.9 Å². The van der Waals surface area contributed by atoms with Gasteiger partial charge in [-0.3, -0.25) is 9.59 Å². The molecule has 0 amide bonds. The molecule has 0 spiro atoms. The van der Waals surface area contributed by atoms with Crippen molar-refractivity contribution in [3.05, 3.63) is 23.5 Å². The van der Waals surface area contributed by atoms with Crippen LogP contribution >= 0.6 is 0 Å². The van der Waals surface area contributed by atoms with Crippen molar-refractivity contribution < 1.29 is 19.1 Å². The Balaban J connectivity index is 2.23. The van der Waals surface area contributed by atoms with E-state index in [4.69, 9.17) is 9.47 Å². The first-order valence-electron chi connectivity index (χ1n) is 6.13. The number of ketones is 1. The number of esters is 1. The average molecular weight is 250 g/mol. The van der Waals surface area contributed by atoms with Crippen molar-refractivity contribution in [3.8, 4) is 0 Å². The number of carbonyl (C=O) groups excluding carboxylic acids is 2. The van der Waals surface area contributed by atoms with Crippen molar-refractivity contribution in [1.82, 2.24) is 0 Å². The lowest BCUT2D eigenvalue weighted by molar-refractivity contribution is -0.161. The molecule has 0 bridgehead atoms. The molecule has 4 nitrogen and oxygen atoms in total. The monoisotopic (exact) mass is 250 g/mol. The van der Waals surface area contributed by atoms with Crippen LogP contribution in [0.25, 0.3) is 0 Å². The summed E-state index contributed by atoms with van der Waals surface area (Å²) in [4.78, 5) is 23.0. The van der Waals surface area contributed by atoms with E-state index in [9.17, 15) is 9.59 Å². The van der Waals surface area contributed by atoms with Crippen molar-refractivity contribution in [3.63, 3.8) is 0 Å². The maximum absolute atomic E-state index is 12.0. The van der Waals surface area contributed by atoms with E-state index in [1.54, 1.807) is 6.08 Å². The van der Waals surface area contributed by atoms with E-state index in [2.05, 4.69) is 0 Å². The molecule has 0 N–H and O–H groups in total. The Hall–Kier alpha value is -1.58. The molecule has 0 aromatic rings. The molecule has 1 aliphatic heterocycles. The van der Waals surface area contributed by atoms with Gasteiger partial charge in [0, 0.05) is 25.3 Å². The standard InChI is InChI=1S/C14H18O4/c1-9(15)17-13-6-4-5-10-11(16)7-14(2,3)8-12(10)18-13/h4,6,13H,5,7-8H2,1-3H3. The van der Waals surface area contributed by atoms with Crippen LogP contribution < -0.4 is 0 Å². The largest absolute Gasteiger partial charge is 0.455 e. The Morgan fingerprint density at radius 3 is 2.83 bits per heavy atom. The van der Waals surface area contributed by atoms with E-state index in [0.717, 1.165) is 5.57 Å². The second-order valence-corrected chi connectivity index (χ2v) is 5.57. The predicted molar refractivity (Wildman–Crippen MR) is 65.4 cm³/mol. The molecule has 0 saturated carbocycles. The van der Waals surface area contributed by atoms with Gasteiger partial charge in [0.15, 0.2) is 5.78 Å². The maximum atomic E-state index is 12.0. The molecule has 4 heteroatoms. The first-order chi connectivity index (χ1) is 8.37. The van der Waals surface area contributed by atoms with Gasteiger partial charge in [-0.2, -0.15) is 0 Å². The fourth-order valence-corrected chi connectivity index (χ4v) is 2.34. The summed E-state index contributed by atoms with van der Waals surface area (Å²) in [6, 6.07) is 0. The van der Waals surface area contributed by atoms with Crippen molar-refractivity contribution in [1.29, 1.82) is 0 Å². The van der Waals surface area contributed by atoms with Crippen LogP contribution in [0.1, 0.15) is 40.0 Å². The number of carbonyl (C=O) groups is 2. The highest BCUT2D eigenvalue weighted by Gasteiger charge is 2.35. The van der Waals surface area contributed by atoms with Gasteiger partial charge in [0.2, 0.25) is 0 Å². The summed E-state index contributed by atoms with van der Waals surface area (Å²) in [6.45, 7) is 5.42. The van der Waals surface area contributed by atoms with E-state index in [1.165, 1.54) is 6.92 Å². The SMILES string of the molecule is CC(=O)OC1C=CCC2=C(CC(C)(C)CC2=O)O1. The number of hydrogen-bond acceptors (Lipinski definition) is 4. The molecule has 0 fully saturated rings. The van der Waals surface area contributed by atoms with E-state index < -0.39 is 12.3 Å². The van der Waals surface area contributed by atoms with Gasteiger partial charge >= 0.3 is 5.97 Å². The summed E-state index contributed by atoms with van der Waals surface area (Å²) < 4.78 is 10.7. The van der Waals surface area contributed by atoms with Gasteiger partial charge in [0.1, 0.15) is 5.76 Å². The van der Waals surface area contributed by atoms with Crippen LogP contribution in [0, 0.1) is 5.41 Å².